The summed E-state index contributed by atoms with van der Waals surface area (Å²) in [6.07, 6.45) is 2.92. The first kappa shape index (κ1) is 22.0. The highest BCUT2D eigenvalue weighted by molar-refractivity contribution is 5.91. The maximum atomic E-state index is 13.7. The normalized spacial score (nSPS) is 10.9. The molecule has 3 aromatic heterocycles. The van der Waals surface area contributed by atoms with Crippen molar-refractivity contribution in [3.8, 4) is 22.6 Å². The number of pyridine rings is 2. The summed E-state index contributed by atoms with van der Waals surface area (Å²) in [5.74, 6) is 0.488. The zero-order valence-corrected chi connectivity index (χ0v) is 19.0. The fraction of sp³-hybridized carbons (Fsp3) is 0.0769. The third kappa shape index (κ3) is 4.51. The van der Waals surface area contributed by atoms with E-state index in [9.17, 15) is 9.18 Å². The van der Waals surface area contributed by atoms with Gasteiger partial charge in [0.1, 0.15) is 17.2 Å². The number of imidazole rings is 1. The molecule has 0 unspecified atom stereocenters. The highest BCUT2D eigenvalue weighted by Gasteiger charge is 2.12. The molecule has 0 aliphatic rings. The molecule has 0 fully saturated rings. The third-order valence-corrected chi connectivity index (χ3v) is 5.60. The molecular weight excluding hydrogens is 447 g/mol. The lowest BCUT2D eigenvalue weighted by atomic mass is 10.0. The average molecular weight is 471 g/mol. The van der Waals surface area contributed by atoms with Crippen LogP contribution in [0.4, 0.5) is 16.0 Å². The standard InChI is InChI=1S/C26H21FN6O2.H2/c1-15-3-4-17(12-20(15)16-7-9-30-24(27)11-16)31-26-32-21-13-18(5-6-23(21)33(26)2)35-19-8-10-29-22(14-19)25(28)34;/h3-14H,1-2H3,(H2,28,34)(H,31,32);1H. The number of nitrogens with two attached hydrogens (primary N) is 1. The molecule has 2 aromatic carbocycles. The van der Waals surface area contributed by atoms with Crippen molar-refractivity contribution in [2.45, 2.75) is 6.92 Å². The molecule has 0 aliphatic carbocycles. The average Bonchev–Trinajstić information content (AvgIpc) is 3.14. The minimum absolute atomic E-state index is 0. The second kappa shape index (κ2) is 8.86. The number of carbonyl (C=O) groups is 1. The van der Waals surface area contributed by atoms with Gasteiger partial charge in [-0.25, -0.2) is 9.97 Å². The van der Waals surface area contributed by atoms with Crippen LogP contribution in [0.5, 0.6) is 11.5 Å². The largest absolute Gasteiger partial charge is 0.457 e. The van der Waals surface area contributed by atoms with Crippen LogP contribution in [0.1, 0.15) is 17.5 Å². The van der Waals surface area contributed by atoms with Gasteiger partial charge in [0, 0.05) is 44.8 Å². The number of hydrogen-bond donors (Lipinski definition) is 2. The Bertz CT molecular complexity index is 1590. The third-order valence-electron chi connectivity index (χ3n) is 5.60. The lowest BCUT2D eigenvalue weighted by molar-refractivity contribution is 0.0995. The molecule has 5 aromatic rings. The smallest absolute Gasteiger partial charge is 0.267 e. The summed E-state index contributed by atoms with van der Waals surface area (Å²) < 4.78 is 21.5. The summed E-state index contributed by atoms with van der Waals surface area (Å²) in [6, 6.07) is 17.7. The maximum Gasteiger partial charge on any atom is 0.267 e. The number of hydrogen-bond acceptors (Lipinski definition) is 6. The van der Waals surface area contributed by atoms with Gasteiger partial charge in [-0.15, -0.1) is 0 Å². The van der Waals surface area contributed by atoms with E-state index in [-0.39, 0.29) is 7.12 Å². The van der Waals surface area contributed by atoms with Gasteiger partial charge in [-0.2, -0.15) is 4.39 Å². The van der Waals surface area contributed by atoms with Gasteiger partial charge < -0.3 is 20.4 Å². The van der Waals surface area contributed by atoms with Crippen molar-refractivity contribution in [3.63, 3.8) is 0 Å². The van der Waals surface area contributed by atoms with E-state index in [1.165, 1.54) is 24.5 Å². The van der Waals surface area contributed by atoms with Crippen molar-refractivity contribution in [1.82, 2.24) is 19.5 Å². The van der Waals surface area contributed by atoms with Crippen molar-refractivity contribution >= 4 is 28.6 Å². The summed E-state index contributed by atoms with van der Waals surface area (Å²) >= 11 is 0. The van der Waals surface area contributed by atoms with Gasteiger partial charge >= 0.3 is 0 Å². The van der Waals surface area contributed by atoms with Crippen LogP contribution in [0, 0.1) is 12.9 Å². The van der Waals surface area contributed by atoms with Crippen LogP contribution >= 0.6 is 0 Å². The minimum atomic E-state index is -0.625. The highest BCUT2D eigenvalue weighted by Crippen LogP contribution is 2.30. The number of aryl methyl sites for hydroxylation is 2. The Hall–Kier alpha value is -4.79. The monoisotopic (exact) mass is 470 g/mol. The summed E-state index contributed by atoms with van der Waals surface area (Å²) in [4.78, 5) is 23.6. The van der Waals surface area contributed by atoms with E-state index in [2.05, 4.69) is 15.3 Å². The molecule has 3 N–H and O–H groups in total. The molecule has 0 atom stereocenters. The number of nitrogens with one attached hydrogen (secondary N) is 1. The number of carbonyl (C=O) groups excluding carboxylic acids is 1. The molecule has 0 aliphatic heterocycles. The number of aromatic nitrogens is 4. The highest BCUT2D eigenvalue weighted by atomic mass is 19.1. The number of ether oxygens (including phenoxy) is 1. The Balaban J connectivity index is 0.00000304. The molecule has 5 rings (SSSR count). The molecule has 35 heavy (non-hydrogen) atoms. The van der Waals surface area contributed by atoms with E-state index in [4.69, 9.17) is 15.5 Å². The quantitative estimate of drug-likeness (QED) is 0.324. The van der Waals surface area contributed by atoms with Gasteiger partial charge in [0.05, 0.1) is 11.0 Å². The number of primary amides is 1. The Labute approximate surface area is 201 Å². The van der Waals surface area contributed by atoms with Crippen LogP contribution in [0.3, 0.4) is 0 Å². The van der Waals surface area contributed by atoms with Crippen LogP contribution in [0.2, 0.25) is 0 Å². The van der Waals surface area contributed by atoms with E-state index < -0.39 is 11.9 Å². The Kier molecular flexibility index (Phi) is 5.58. The molecule has 176 valence electrons. The molecule has 0 saturated carbocycles. The zero-order chi connectivity index (χ0) is 24.5. The van der Waals surface area contributed by atoms with Gasteiger partial charge in [-0.3, -0.25) is 9.78 Å². The van der Waals surface area contributed by atoms with E-state index in [1.807, 2.05) is 54.9 Å². The van der Waals surface area contributed by atoms with Gasteiger partial charge in [-0.1, -0.05) is 6.07 Å². The molecule has 0 radical (unpaired) electrons. The zero-order valence-electron chi connectivity index (χ0n) is 19.0. The van der Waals surface area contributed by atoms with Crippen molar-refractivity contribution in [1.29, 1.82) is 0 Å². The van der Waals surface area contributed by atoms with Crippen LogP contribution in [-0.2, 0) is 7.05 Å². The molecule has 0 saturated heterocycles. The van der Waals surface area contributed by atoms with Crippen LogP contribution in [-0.4, -0.2) is 25.4 Å². The van der Waals surface area contributed by atoms with Crippen molar-refractivity contribution in [3.05, 3.63) is 90.3 Å². The summed E-state index contributed by atoms with van der Waals surface area (Å²) in [7, 11) is 1.91. The van der Waals surface area contributed by atoms with Gasteiger partial charge in [0.2, 0.25) is 11.9 Å². The molecule has 3 heterocycles. The van der Waals surface area contributed by atoms with Crippen molar-refractivity contribution < 1.29 is 15.3 Å². The first-order chi connectivity index (χ1) is 16.9. The first-order valence-corrected chi connectivity index (χ1v) is 10.8. The number of amides is 1. The van der Waals surface area contributed by atoms with E-state index in [0.29, 0.717) is 17.4 Å². The van der Waals surface area contributed by atoms with Crippen LogP contribution in [0.25, 0.3) is 22.2 Å². The molecule has 0 bridgehead atoms. The Morgan fingerprint density at radius 2 is 1.83 bits per heavy atom. The topological polar surface area (TPSA) is 108 Å². The fourth-order valence-electron chi connectivity index (χ4n) is 3.81. The van der Waals surface area contributed by atoms with Gasteiger partial charge in [0.15, 0.2) is 0 Å². The number of fused-ring (bicyclic) bond motifs is 1. The number of anilines is 2. The summed E-state index contributed by atoms with van der Waals surface area (Å²) in [5.41, 5.74) is 10.5. The predicted molar refractivity (Wildman–Crippen MR) is 133 cm³/mol. The van der Waals surface area contributed by atoms with E-state index in [1.54, 1.807) is 12.1 Å². The SMILES string of the molecule is Cc1ccc(Nc2nc3cc(Oc4ccnc(C(N)=O)c4)ccc3n2C)cc1-c1ccnc(F)c1.[HH]. The summed E-state index contributed by atoms with van der Waals surface area (Å²) in [5, 5.41) is 3.34. The lowest BCUT2D eigenvalue weighted by Crippen LogP contribution is -2.12. The van der Waals surface area contributed by atoms with E-state index in [0.717, 1.165) is 33.4 Å². The van der Waals surface area contributed by atoms with E-state index >= 15 is 0 Å². The molecule has 0 spiro atoms. The number of halogens is 1. The molecule has 8 nitrogen and oxygen atoms in total. The number of nitrogens with zero attached hydrogens (tertiary/aromatic N) is 4. The molecule has 9 heteroatoms. The van der Waals surface area contributed by atoms with Gasteiger partial charge in [0.25, 0.3) is 5.91 Å². The fourth-order valence-corrected chi connectivity index (χ4v) is 3.81. The first-order valence-electron chi connectivity index (χ1n) is 10.8. The summed E-state index contributed by atoms with van der Waals surface area (Å²) in [6.45, 7) is 1.98. The lowest BCUT2D eigenvalue weighted by Gasteiger charge is -2.11. The van der Waals surface area contributed by atoms with Crippen LogP contribution < -0.4 is 15.8 Å². The maximum absolute atomic E-state index is 13.7. The second-order valence-corrected chi connectivity index (χ2v) is 8.01. The molecular formula is C26H23FN6O2. The minimum Gasteiger partial charge on any atom is -0.457 e. The van der Waals surface area contributed by atoms with Crippen molar-refractivity contribution in [2.24, 2.45) is 12.8 Å². The Morgan fingerprint density at radius 3 is 2.63 bits per heavy atom. The van der Waals surface area contributed by atoms with Crippen LogP contribution in [0.15, 0.2) is 73.1 Å². The second-order valence-electron chi connectivity index (χ2n) is 8.01. The van der Waals surface area contributed by atoms with Gasteiger partial charge in [-0.05, 0) is 60.0 Å². The predicted octanol–water partition coefficient (Wildman–Crippen LogP) is 5.36. The molecule has 1 amide bonds. The number of rotatable bonds is 6. The number of benzene rings is 2. The van der Waals surface area contributed by atoms with Crippen molar-refractivity contribution in [2.75, 3.05) is 5.32 Å². The Morgan fingerprint density at radius 1 is 1.03 bits per heavy atom.